The van der Waals surface area contributed by atoms with Crippen molar-refractivity contribution in [3.05, 3.63) is 64.7 Å². The van der Waals surface area contributed by atoms with E-state index in [1.165, 1.54) is 22.3 Å². The molecule has 126 valence electrons. The van der Waals surface area contributed by atoms with Crippen molar-refractivity contribution in [1.82, 2.24) is 4.90 Å². The molecule has 2 aromatic carbocycles. The minimum atomic E-state index is -0.0988. The van der Waals surface area contributed by atoms with E-state index in [1.54, 1.807) is 0 Å². The standard InChI is InChI=1S/C21H26N2O/c1-15-9-7-11-20(17(15)3)23-13-12-22(18(4)21(23)24)14-19-10-6-5-8-16(19)2/h5-11,18H,12-14H2,1-4H3. The normalized spacial score (nSPS) is 18.9. The molecule has 3 heteroatoms. The van der Waals surface area contributed by atoms with Gasteiger partial charge in [-0.1, -0.05) is 36.4 Å². The monoisotopic (exact) mass is 322 g/mol. The molecule has 0 bridgehead atoms. The molecule has 1 fully saturated rings. The number of rotatable bonds is 3. The summed E-state index contributed by atoms with van der Waals surface area (Å²) in [5.74, 6) is 0.198. The summed E-state index contributed by atoms with van der Waals surface area (Å²) in [5.41, 5.74) is 6.08. The van der Waals surface area contributed by atoms with E-state index in [1.807, 2.05) is 17.9 Å². The van der Waals surface area contributed by atoms with Crippen LogP contribution in [0.3, 0.4) is 0 Å². The number of carbonyl (C=O) groups is 1. The Hall–Kier alpha value is -2.13. The van der Waals surface area contributed by atoms with Gasteiger partial charge in [-0.05, 0) is 56.0 Å². The molecule has 2 aromatic rings. The first kappa shape index (κ1) is 16.7. The van der Waals surface area contributed by atoms with Crippen LogP contribution in [0.15, 0.2) is 42.5 Å². The van der Waals surface area contributed by atoms with Gasteiger partial charge in [0.2, 0.25) is 5.91 Å². The first-order chi connectivity index (χ1) is 11.5. The van der Waals surface area contributed by atoms with E-state index < -0.39 is 0 Å². The van der Waals surface area contributed by atoms with Gasteiger partial charge in [-0.15, -0.1) is 0 Å². The maximum atomic E-state index is 13.0. The zero-order valence-corrected chi connectivity index (χ0v) is 15.0. The van der Waals surface area contributed by atoms with Crippen molar-refractivity contribution in [2.24, 2.45) is 0 Å². The summed E-state index contributed by atoms with van der Waals surface area (Å²) in [7, 11) is 0. The SMILES string of the molecule is Cc1ccccc1CN1CCN(c2cccc(C)c2C)C(=O)C1C. The molecule has 3 rings (SSSR count). The topological polar surface area (TPSA) is 23.6 Å². The van der Waals surface area contributed by atoms with Crippen LogP contribution in [0.2, 0.25) is 0 Å². The van der Waals surface area contributed by atoms with Crippen LogP contribution in [-0.4, -0.2) is 29.9 Å². The van der Waals surface area contributed by atoms with E-state index >= 15 is 0 Å². The highest BCUT2D eigenvalue weighted by molar-refractivity contribution is 5.98. The average molecular weight is 322 g/mol. The summed E-state index contributed by atoms with van der Waals surface area (Å²) < 4.78 is 0. The van der Waals surface area contributed by atoms with Gasteiger partial charge in [0.25, 0.3) is 0 Å². The largest absolute Gasteiger partial charge is 0.310 e. The Morgan fingerprint density at radius 1 is 0.958 bits per heavy atom. The van der Waals surface area contributed by atoms with Gasteiger partial charge in [-0.2, -0.15) is 0 Å². The number of anilines is 1. The van der Waals surface area contributed by atoms with Crippen LogP contribution in [0.5, 0.6) is 0 Å². The fourth-order valence-electron chi connectivity index (χ4n) is 3.40. The maximum absolute atomic E-state index is 13.0. The van der Waals surface area contributed by atoms with Gasteiger partial charge in [-0.3, -0.25) is 9.69 Å². The van der Waals surface area contributed by atoms with Crippen molar-refractivity contribution in [2.75, 3.05) is 18.0 Å². The Morgan fingerprint density at radius 3 is 2.42 bits per heavy atom. The Balaban J connectivity index is 1.79. The third kappa shape index (κ3) is 3.09. The average Bonchev–Trinajstić information content (AvgIpc) is 2.57. The summed E-state index contributed by atoms with van der Waals surface area (Å²) in [6.07, 6.45) is 0. The molecule has 1 heterocycles. The lowest BCUT2D eigenvalue weighted by molar-refractivity contribution is -0.125. The Kier molecular flexibility index (Phi) is 4.72. The molecular weight excluding hydrogens is 296 g/mol. The van der Waals surface area contributed by atoms with Crippen molar-refractivity contribution >= 4 is 11.6 Å². The van der Waals surface area contributed by atoms with Crippen molar-refractivity contribution < 1.29 is 4.79 Å². The minimum absolute atomic E-state index is 0.0988. The number of benzene rings is 2. The van der Waals surface area contributed by atoms with Crippen LogP contribution in [0.4, 0.5) is 5.69 Å². The molecule has 0 saturated carbocycles. The molecule has 0 aliphatic carbocycles. The van der Waals surface area contributed by atoms with Crippen LogP contribution in [-0.2, 0) is 11.3 Å². The lowest BCUT2D eigenvalue weighted by atomic mass is 10.0. The van der Waals surface area contributed by atoms with Gasteiger partial charge < -0.3 is 4.90 Å². The van der Waals surface area contributed by atoms with Crippen molar-refractivity contribution in [3.63, 3.8) is 0 Å². The number of hydrogen-bond donors (Lipinski definition) is 0. The summed E-state index contributed by atoms with van der Waals surface area (Å²) in [6, 6.07) is 14.5. The molecule has 0 N–H and O–H groups in total. The van der Waals surface area contributed by atoms with Gasteiger partial charge >= 0.3 is 0 Å². The van der Waals surface area contributed by atoms with Crippen LogP contribution >= 0.6 is 0 Å². The Bertz CT molecular complexity index is 753. The number of nitrogens with zero attached hydrogens (tertiary/aromatic N) is 2. The van der Waals surface area contributed by atoms with E-state index in [2.05, 4.69) is 62.1 Å². The van der Waals surface area contributed by atoms with Crippen LogP contribution < -0.4 is 4.90 Å². The molecule has 0 radical (unpaired) electrons. The minimum Gasteiger partial charge on any atom is -0.310 e. The molecule has 1 aliphatic rings. The first-order valence-corrected chi connectivity index (χ1v) is 8.65. The second kappa shape index (κ2) is 6.78. The summed E-state index contributed by atoms with van der Waals surface area (Å²) in [6.45, 7) is 10.8. The highest BCUT2D eigenvalue weighted by Crippen LogP contribution is 2.27. The van der Waals surface area contributed by atoms with Gasteiger partial charge in [-0.25, -0.2) is 0 Å². The lowest BCUT2D eigenvalue weighted by Gasteiger charge is -2.40. The maximum Gasteiger partial charge on any atom is 0.244 e. The molecule has 1 saturated heterocycles. The second-order valence-corrected chi connectivity index (χ2v) is 6.78. The van der Waals surface area contributed by atoms with Crippen molar-refractivity contribution in [2.45, 2.75) is 40.3 Å². The number of piperazine rings is 1. The highest BCUT2D eigenvalue weighted by Gasteiger charge is 2.32. The molecule has 0 aromatic heterocycles. The smallest absolute Gasteiger partial charge is 0.244 e. The number of amides is 1. The van der Waals surface area contributed by atoms with Gasteiger partial charge in [0, 0.05) is 25.3 Å². The molecule has 24 heavy (non-hydrogen) atoms. The fraction of sp³-hybridized carbons (Fsp3) is 0.381. The van der Waals surface area contributed by atoms with E-state index in [9.17, 15) is 4.79 Å². The molecule has 1 unspecified atom stereocenters. The van der Waals surface area contributed by atoms with Gasteiger partial charge in [0.1, 0.15) is 0 Å². The molecule has 3 nitrogen and oxygen atoms in total. The van der Waals surface area contributed by atoms with Gasteiger partial charge in [0.15, 0.2) is 0 Å². The zero-order chi connectivity index (χ0) is 17.3. The van der Waals surface area contributed by atoms with E-state index in [4.69, 9.17) is 0 Å². The molecule has 1 aliphatic heterocycles. The highest BCUT2D eigenvalue weighted by atomic mass is 16.2. The quantitative estimate of drug-likeness (QED) is 0.857. The number of hydrogen-bond acceptors (Lipinski definition) is 2. The molecule has 1 atom stereocenters. The fourth-order valence-corrected chi connectivity index (χ4v) is 3.40. The summed E-state index contributed by atoms with van der Waals surface area (Å²) in [5, 5.41) is 0. The Morgan fingerprint density at radius 2 is 1.67 bits per heavy atom. The second-order valence-electron chi connectivity index (χ2n) is 6.78. The van der Waals surface area contributed by atoms with Crippen LogP contribution in [0.25, 0.3) is 0 Å². The van der Waals surface area contributed by atoms with Gasteiger partial charge in [0.05, 0.1) is 6.04 Å². The third-order valence-corrected chi connectivity index (χ3v) is 5.28. The predicted octanol–water partition coefficient (Wildman–Crippen LogP) is 3.85. The zero-order valence-electron chi connectivity index (χ0n) is 15.0. The van der Waals surface area contributed by atoms with Crippen molar-refractivity contribution in [1.29, 1.82) is 0 Å². The van der Waals surface area contributed by atoms with E-state index in [0.717, 1.165) is 25.3 Å². The molecule has 0 spiro atoms. The van der Waals surface area contributed by atoms with E-state index in [-0.39, 0.29) is 11.9 Å². The van der Waals surface area contributed by atoms with Crippen LogP contribution in [0.1, 0.15) is 29.2 Å². The lowest BCUT2D eigenvalue weighted by Crippen LogP contribution is -2.55. The molecular formula is C21H26N2O. The van der Waals surface area contributed by atoms with Crippen LogP contribution in [0, 0.1) is 20.8 Å². The Labute approximate surface area is 144 Å². The summed E-state index contributed by atoms with van der Waals surface area (Å²) >= 11 is 0. The molecule has 1 amide bonds. The summed E-state index contributed by atoms with van der Waals surface area (Å²) in [4.78, 5) is 17.2. The van der Waals surface area contributed by atoms with E-state index in [0.29, 0.717) is 0 Å². The number of aryl methyl sites for hydroxylation is 2. The van der Waals surface area contributed by atoms with Crippen molar-refractivity contribution in [3.8, 4) is 0 Å². The third-order valence-electron chi connectivity index (χ3n) is 5.28. The predicted molar refractivity (Wildman–Crippen MR) is 99.3 cm³/mol. The first-order valence-electron chi connectivity index (χ1n) is 8.65. The number of carbonyl (C=O) groups excluding carboxylic acids is 1.